The summed E-state index contributed by atoms with van der Waals surface area (Å²) >= 11 is 1.90. The molecule has 0 bridgehead atoms. The highest BCUT2D eigenvalue weighted by Crippen LogP contribution is 2.21. The van der Waals surface area contributed by atoms with Gasteiger partial charge in [0.25, 0.3) is 5.91 Å². The number of thioether (sulfide) groups is 1. The fraction of sp³-hybridized carbons (Fsp3) is 0.269. The van der Waals surface area contributed by atoms with Crippen LogP contribution in [0, 0.1) is 0 Å². The molecule has 1 aliphatic heterocycles. The largest absolute Gasteiger partial charge is 0.375 e. The molecule has 0 unspecified atom stereocenters. The van der Waals surface area contributed by atoms with Crippen molar-refractivity contribution in [2.75, 3.05) is 36.2 Å². The van der Waals surface area contributed by atoms with Crippen LogP contribution in [-0.2, 0) is 21.1 Å². The van der Waals surface area contributed by atoms with Gasteiger partial charge in [0.2, 0.25) is 0 Å². The summed E-state index contributed by atoms with van der Waals surface area (Å²) in [6.45, 7) is 1.62. The van der Waals surface area contributed by atoms with Crippen LogP contribution in [0.2, 0.25) is 0 Å². The number of carbonyl (C=O) groups excluding carboxylic acids is 1. The normalized spacial score (nSPS) is 15.8. The number of carbonyl (C=O) groups is 1. The van der Waals surface area contributed by atoms with Crippen LogP contribution in [0.5, 0.6) is 0 Å². The number of anilines is 1. The van der Waals surface area contributed by atoms with E-state index in [1.165, 1.54) is 18.5 Å². The molecule has 0 aliphatic carbocycles. The zero-order valence-corrected chi connectivity index (χ0v) is 22.3. The van der Waals surface area contributed by atoms with Crippen molar-refractivity contribution < 1.29 is 17.9 Å². The number of sulfone groups is 1. The Kier molecular flexibility index (Phi) is 7.82. The Morgan fingerprint density at radius 3 is 2.79 bits per heavy atom. The van der Waals surface area contributed by atoms with E-state index in [1.54, 1.807) is 6.20 Å². The zero-order chi connectivity index (χ0) is 26.5. The monoisotopic (exact) mass is 550 g/mol. The molecule has 12 heteroatoms. The maximum Gasteiger partial charge on any atom is 0.253 e. The van der Waals surface area contributed by atoms with Crippen LogP contribution in [0.4, 0.5) is 5.82 Å². The Balaban J connectivity index is 1.28. The first-order chi connectivity index (χ1) is 18.3. The molecule has 0 spiro atoms. The molecule has 0 radical (unpaired) electrons. The number of rotatable bonds is 8. The van der Waals surface area contributed by atoms with Crippen molar-refractivity contribution in [2.45, 2.75) is 17.5 Å². The van der Waals surface area contributed by atoms with Gasteiger partial charge < -0.3 is 15.4 Å². The summed E-state index contributed by atoms with van der Waals surface area (Å²) in [5.41, 5.74) is 2.94. The van der Waals surface area contributed by atoms with Crippen LogP contribution >= 0.6 is 11.8 Å². The maximum absolute atomic E-state index is 12.6. The first-order valence-electron chi connectivity index (χ1n) is 11.9. The number of fused-ring (bicyclic) bond motifs is 1. The predicted octanol–water partition coefficient (Wildman–Crippen LogP) is 2.96. The average Bonchev–Trinajstić information content (AvgIpc) is 2.94. The van der Waals surface area contributed by atoms with Crippen LogP contribution in [0.25, 0.3) is 22.3 Å². The topological polar surface area (TPSA) is 136 Å². The lowest BCUT2D eigenvalue weighted by Crippen LogP contribution is -2.30. The zero-order valence-electron chi connectivity index (χ0n) is 20.6. The molecule has 0 aromatic carbocycles. The van der Waals surface area contributed by atoms with Crippen LogP contribution in [0.15, 0.2) is 66.0 Å². The molecule has 4 aromatic rings. The second-order valence-corrected chi connectivity index (χ2v) is 12.0. The number of hydrogen-bond donors (Lipinski definition) is 2. The van der Waals surface area contributed by atoms with Gasteiger partial charge in [-0.05, 0) is 36.4 Å². The summed E-state index contributed by atoms with van der Waals surface area (Å²) in [7, 11) is -3.47. The summed E-state index contributed by atoms with van der Waals surface area (Å²) in [5, 5.41) is 6.97. The Hall–Kier alpha value is -3.61. The third-order valence-corrected chi connectivity index (χ3v) is 8.01. The Morgan fingerprint density at radius 2 is 1.97 bits per heavy atom. The molecule has 1 amide bonds. The number of ether oxygens (including phenoxy) is 1. The molecule has 5 rings (SSSR count). The van der Waals surface area contributed by atoms with E-state index in [2.05, 4.69) is 20.6 Å². The van der Waals surface area contributed by atoms with E-state index in [4.69, 9.17) is 14.7 Å². The highest BCUT2D eigenvalue weighted by atomic mass is 32.2. The van der Waals surface area contributed by atoms with Gasteiger partial charge in [-0.15, -0.1) is 0 Å². The van der Waals surface area contributed by atoms with E-state index in [-0.39, 0.29) is 23.1 Å². The molecule has 1 atom stereocenters. The summed E-state index contributed by atoms with van der Waals surface area (Å²) in [6, 6.07) is 12.7. The van der Waals surface area contributed by atoms with E-state index in [0.717, 1.165) is 52.5 Å². The molecule has 4 aromatic heterocycles. The highest BCUT2D eigenvalue weighted by Gasteiger charge is 2.15. The number of hydrogen-bond acceptors (Lipinski definition) is 10. The smallest absolute Gasteiger partial charge is 0.253 e. The Bertz CT molecular complexity index is 1580. The first-order valence-corrected chi connectivity index (χ1v) is 15.0. The molecule has 1 fully saturated rings. The van der Waals surface area contributed by atoms with Gasteiger partial charge in [-0.1, -0.05) is 6.07 Å². The van der Waals surface area contributed by atoms with Gasteiger partial charge in [0, 0.05) is 48.3 Å². The van der Waals surface area contributed by atoms with Crippen molar-refractivity contribution >= 4 is 44.2 Å². The molecule has 2 N–H and O–H groups in total. The van der Waals surface area contributed by atoms with Crippen molar-refractivity contribution in [1.82, 2.24) is 25.3 Å². The Morgan fingerprint density at radius 1 is 1.11 bits per heavy atom. The molecule has 1 aliphatic rings. The quantitative estimate of drug-likeness (QED) is 0.337. The molecule has 1 saturated heterocycles. The van der Waals surface area contributed by atoms with Gasteiger partial charge in [0.15, 0.2) is 9.84 Å². The van der Waals surface area contributed by atoms with Gasteiger partial charge in [-0.25, -0.2) is 18.4 Å². The molecule has 38 heavy (non-hydrogen) atoms. The van der Waals surface area contributed by atoms with Crippen LogP contribution < -0.4 is 10.6 Å². The molecule has 196 valence electrons. The van der Waals surface area contributed by atoms with E-state index in [0.29, 0.717) is 12.2 Å². The lowest BCUT2D eigenvalue weighted by molar-refractivity contribution is 0.0847. The minimum atomic E-state index is -3.47. The van der Waals surface area contributed by atoms with Crippen molar-refractivity contribution in [1.29, 1.82) is 0 Å². The number of nitrogens with zero attached hydrogens (tertiary/aromatic N) is 4. The highest BCUT2D eigenvalue weighted by molar-refractivity contribution is 7.99. The Labute approximate surface area is 224 Å². The minimum absolute atomic E-state index is 0.0140. The minimum Gasteiger partial charge on any atom is -0.375 e. The second kappa shape index (κ2) is 11.4. The lowest BCUT2D eigenvalue weighted by Gasteiger charge is -2.22. The van der Waals surface area contributed by atoms with Gasteiger partial charge in [0.05, 0.1) is 52.3 Å². The molecular weight excluding hydrogens is 524 g/mol. The van der Waals surface area contributed by atoms with Crippen LogP contribution in [-0.4, -0.2) is 71.3 Å². The van der Waals surface area contributed by atoms with Crippen molar-refractivity contribution in [3.05, 3.63) is 72.3 Å². The molecule has 5 heterocycles. The van der Waals surface area contributed by atoms with Crippen LogP contribution in [0.1, 0.15) is 16.1 Å². The first kappa shape index (κ1) is 26.0. The average molecular weight is 551 g/mol. The molecule has 0 saturated carbocycles. The molecular formula is C26H26N6O4S2. The van der Waals surface area contributed by atoms with Gasteiger partial charge in [-0.3, -0.25) is 14.8 Å². The van der Waals surface area contributed by atoms with Crippen molar-refractivity contribution in [2.24, 2.45) is 0 Å². The molecule has 10 nitrogen and oxygen atoms in total. The fourth-order valence-electron chi connectivity index (χ4n) is 3.86. The van der Waals surface area contributed by atoms with E-state index < -0.39 is 15.7 Å². The third kappa shape index (κ3) is 6.44. The number of pyridine rings is 4. The standard InChI is InChI=1S/C26H26N6O4S2/c1-38(34,35)21-9-18(11-27-15-21)26(33)30-13-19-10-24-17(12-28-19)5-6-23(31-24)22-3-2-4-25(32-22)29-14-20-16-37-8-7-36-20/h2-6,9-12,15,20H,7-8,13-14,16H2,1H3,(H,29,32)(H,30,33)/t20-/m1/s1. The maximum atomic E-state index is 12.6. The summed E-state index contributed by atoms with van der Waals surface area (Å²) in [5.74, 6) is 2.33. The summed E-state index contributed by atoms with van der Waals surface area (Å²) in [4.78, 5) is 30.3. The van der Waals surface area contributed by atoms with Gasteiger partial charge in [0.1, 0.15) is 5.82 Å². The van der Waals surface area contributed by atoms with Gasteiger partial charge in [-0.2, -0.15) is 11.8 Å². The number of nitrogens with one attached hydrogen (secondary N) is 2. The van der Waals surface area contributed by atoms with Gasteiger partial charge >= 0.3 is 0 Å². The van der Waals surface area contributed by atoms with Crippen LogP contribution in [0.3, 0.4) is 0 Å². The van der Waals surface area contributed by atoms with Crippen molar-refractivity contribution in [3.63, 3.8) is 0 Å². The predicted molar refractivity (Wildman–Crippen MR) is 147 cm³/mol. The summed E-state index contributed by atoms with van der Waals surface area (Å²) < 4.78 is 29.3. The van der Waals surface area contributed by atoms with E-state index >= 15 is 0 Å². The second-order valence-electron chi connectivity index (χ2n) is 8.79. The fourth-order valence-corrected chi connectivity index (χ4v) is 5.32. The van der Waals surface area contributed by atoms with E-state index in [1.807, 2.05) is 48.2 Å². The number of aromatic nitrogens is 4. The lowest BCUT2D eigenvalue weighted by atomic mass is 10.2. The SMILES string of the molecule is CS(=O)(=O)c1cncc(C(=O)NCc2cc3nc(-c4cccc(NC[C@@H]5CSCCO5)n4)ccc3cn2)c1. The summed E-state index contributed by atoms with van der Waals surface area (Å²) in [6.07, 6.45) is 5.48. The van der Waals surface area contributed by atoms with E-state index in [9.17, 15) is 13.2 Å². The number of amides is 1. The third-order valence-electron chi connectivity index (χ3n) is 5.87. The van der Waals surface area contributed by atoms with Crippen molar-refractivity contribution in [3.8, 4) is 11.4 Å².